The third-order valence-corrected chi connectivity index (χ3v) is 3.72. The van der Waals surface area contributed by atoms with Crippen LogP contribution in [0.3, 0.4) is 0 Å². The SMILES string of the molecule is CC(C)N(CCC(=O)c1ccccc1F)CC1CC1. The van der Waals surface area contributed by atoms with Gasteiger partial charge in [-0.05, 0) is 44.7 Å². The summed E-state index contributed by atoms with van der Waals surface area (Å²) >= 11 is 0. The highest BCUT2D eigenvalue weighted by Gasteiger charge is 2.25. The summed E-state index contributed by atoms with van der Waals surface area (Å²) in [5.41, 5.74) is 0.220. The maximum atomic E-state index is 13.5. The van der Waals surface area contributed by atoms with Crippen LogP contribution in [-0.2, 0) is 0 Å². The van der Waals surface area contributed by atoms with Gasteiger partial charge in [0, 0.05) is 25.6 Å². The van der Waals surface area contributed by atoms with Crippen molar-refractivity contribution in [2.45, 2.75) is 39.2 Å². The Kier molecular flexibility index (Phi) is 4.70. The Morgan fingerprint density at radius 1 is 1.37 bits per heavy atom. The molecule has 2 nitrogen and oxygen atoms in total. The summed E-state index contributed by atoms with van der Waals surface area (Å²) in [6, 6.07) is 6.67. The molecule has 0 heterocycles. The van der Waals surface area contributed by atoms with Crippen molar-refractivity contribution in [1.29, 1.82) is 0 Å². The molecule has 19 heavy (non-hydrogen) atoms. The van der Waals surface area contributed by atoms with Crippen molar-refractivity contribution in [3.8, 4) is 0 Å². The summed E-state index contributed by atoms with van der Waals surface area (Å²) in [4.78, 5) is 14.4. The zero-order valence-electron chi connectivity index (χ0n) is 11.7. The standard InChI is InChI=1S/C16H22FNO/c1-12(2)18(11-13-7-8-13)10-9-16(19)14-5-3-4-6-15(14)17/h3-6,12-13H,7-11H2,1-2H3. The number of benzene rings is 1. The van der Waals surface area contributed by atoms with Crippen LogP contribution in [0.1, 0.15) is 43.5 Å². The second-order valence-corrected chi connectivity index (χ2v) is 5.69. The van der Waals surface area contributed by atoms with Gasteiger partial charge in [-0.25, -0.2) is 4.39 Å². The maximum Gasteiger partial charge on any atom is 0.167 e. The molecule has 0 bridgehead atoms. The van der Waals surface area contributed by atoms with Crippen molar-refractivity contribution in [3.63, 3.8) is 0 Å². The lowest BCUT2D eigenvalue weighted by Crippen LogP contribution is -2.34. The summed E-state index contributed by atoms with van der Waals surface area (Å²) in [7, 11) is 0. The average molecular weight is 263 g/mol. The zero-order chi connectivity index (χ0) is 13.8. The molecule has 1 aliphatic rings. The van der Waals surface area contributed by atoms with Gasteiger partial charge in [0.15, 0.2) is 5.78 Å². The average Bonchev–Trinajstić information content (AvgIpc) is 3.18. The number of hydrogen-bond acceptors (Lipinski definition) is 2. The topological polar surface area (TPSA) is 20.3 Å². The number of halogens is 1. The minimum absolute atomic E-state index is 0.0976. The normalized spacial score (nSPS) is 15.2. The lowest BCUT2D eigenvalue weighted by atomic mass is 10.1. The molecule has 3 heteroatoms. The minimum atomic E-state index is -0.411. The van der Waals surface area contributed by atoms with E-state index in [-0.39, 0.29) is 11.3 Å². The van der Waals surface area contributed by atoms with E-state index in [1.54, 1.807) is 18.2 Å². The van der Waals surface area contributed by atoms with E-state index in [0.29, 0.717) is 12.5 Å². The molecular weight excluding hydrogens is 241 g/mol. The highest BCUT2D eigenvalue weighted by atomic mass is 19.1. The van der Waals surface area contributed by atoms with Gasteiger partial charge in [-0.15, -0.1) is 0 Å². The van der Waals surface area contributed by atoms with Crippen molar-refractivity contribution in [1.82, 2.24) is 4.90 Å². The fourth-order valence-electron chi connectivity index (χ4n) is 2.26. The predicted octanol–water partition coefficient (Wildman–Crippen LogP) is 3.52. The van der Waals surface area contributed by atoms with Gasteiger partial charge in [-0.2, -0.15) is 0 Å². The number of Topliss-reactive ketones (excluding diaryl/α,β-unsaturated/α-hetero) is 1. The smallest absolute Gasteiger partial charge is 0.167 e. The Morgan fingerprint density at radius 3 is 2.63 bits per heavy atom. The molecular formula is C16H22FNO. The van der Waals surface area contributed by atoms with Crippen molar-refractivity contribution < 1.29 is 9.18 Å². The van der Waals surface area contributed by atoms with E-state index in [0.717, 1.165) is 19.0 Å². The van der Waals surface area contributed by atoms with Gasteiger partial charge in [-0.1, -0.05) is 12.1 Å². The first-order valence-electron chi connectivity index (χ1n) is 7.09. The summed E-state index contributed by atoms with van der Waals surface area (Å²) in [6.07, 6.45) is 3.01. The molecule has 0 aromatic heterocycles. The Morgan fingerprint density at radius 2 is 2.05 bits per heavy atom. The fraction of sp³-hybridized carbons (Fsp3) is 0.562. The van der Waals surface area contributed by atoms with Crippen LogP contribution >= 0.6 is 0 Å². The molecule has 1 saturated carbocycles. The molecule has 1 aliphatic carbocycles. The molecule has 0 atom stereocenters. The Hall–Kier alpha value is -1.22. The van der Waals surface area contributed by atoms with Crippen LogP contribution in [0.25, 0.3) is 0 Å². The molecule has 0 saturated heterocycles. The molecule has 2 rings (SSSR count). The Labute approximate surface area is 114 Å². The largest absolute Gasteiger partial charge is 0.300 e. The van der Waals surface area contributed by atoms with Gasteiger partial charge in [0.05, 0.1) is 5.56 Å². The van der Waals surface area contributed by atoms with E-state index >= 15 is 0 Å². The maximum absolute atomic E-state index is 13.5. The van der Waals surface area contributed by atoms with Crippen molar-refractivity contribution in [2.75, 3.05) is 13.1 Å². The zero-order valence-corrected chi connectivity index (χ0v) is 11.7. The van der Waals surface area contributed by atoms with Gasteiger partial charge in [-0.3, -0.25) is 4.79 Å². The number of carbonyl (C=O) groups excluding carboxylic acids is 1. The molecule has 0 N–H and O–H groups in total. The number of nitrogens with zero attached hydrogens (tertiary/aromatic N) is 1. The molecule has 1 aromatic rings. The second kappa shape index (κ2) is 6.29. The van der Waals surface area contributed by atoms with Crippen LogP contribution in [0.15, 0.2) is 24.3 Å². The highest BCUT2D eigenvalue weighted by Crippen LogP contribution is 2.30. The molecule has 1 aromatic carbocycles. The van der Waals surface area contributed by atoms with Crippen molar-refractivity contribution >= 4 is 5.78 Å². The van der Waals surface area contributed by atoms with E-state index < -0.39 is 5.82 Å². The Balaban J connectivity index is 1.89. The van der Waals surface area contributed by atoms with E-state index in [2.05, 4.69) is 18.7 Å². The summed E-state index contributed by atoms with van der Waals surface area (Å²) in [6.45, 7) is 6.09. The van der Waals surface area contributed by atoms with Crippen LogP contribution in [0.4, 0.5) is 4.39 Å². The van der Waals surface area contributed by atoms with Crippen LogP contribution < -0.4 is 0 Å². The third kappa shape index (κ3) is 4.13. The third-order valence-electron chi connectivity index (χ3n) is 3.72. The van der Waals surface area contributed by atoms with Crippen LogP contribution in [-0.4, -0.2) is 29.8 Å². The summed E-state index contributed by atoms with van der Waals surface area (Å²) in [5, 5.41) is 0. The molecule has 104 valence electrons. The van der Waals surface area contributed by atoms with Gasteiger partial charge in [0.25, 0.3) is 0 Å². The van der Waals surface area contributed by atoms with Crippen LogP contribution in [0.2, 0.25) is 0 Å². The molecule has 0 aliphatic heterocycles. The van der Waals surface area contributed by atoms with E-state index in [1.807, 2.05) is 0 Å². The van der Waals surface area contributed by atoms with Crippen LogP contribution in [0, 0.1) is 11.7 Å². The summed E-state index contributed by atoms with van der Waals surface area (Å²) in [5.74, 6) is 0.302. The second-order valence-electron chi connectivity index (χ2n) is 5.69. The lowest BCUT2D eigenvalue weighted by molar-refractivity contribution is 0.0949. The lowest BCUT2D eigenvalue weighted by Gasteiger charge is -2.26. The van der Waals surface area contributed by atoms with Gasteiger partial charge in [0.2, 0.25) is 0 Å². The fourth-order valence-corrected chi connectivity index (χ4v) is 2.26. The monoisotopic (exact) mass is 263 g/mol. The minimum Gasteiger partial charge on any atom is -0.300 e. The molecule has 1 fully saturated rings. The Bertz CT molecular complexity index is 440. The van der Waals surface area contributed by atoms with Crippen molar-refractivity contribution in [3.05, 3.63) is 35.6 Å². The first-order chi connectivity index (χ1) is 9.08. The number of carbonyl (C=O) groups is 1. The van der Waals surface area contributed by atoms with E-state index in [4.69, 9.17) is 0 Å². The quantitative estimate of drug-likeness (QED) is 0.702. The summed E-state index contributed by atoms with van der Waals surface area (Å²) < 4.78 is 13.5. The number of rotatable bonds is 7. The molecule has 0 spiro atoms. The van der Waals surface area contributed by atoms with E-state index in [1.165, 1.54) is 18.9 Å². The number of ketones is 1. The van der Waals surface area contributed by atoms with Gasteiger partial charge < -0.3 is 4.90 Å². The van der Waals surface area contributed by atoms with Gasteiger partial charge >= 0.3 is 0 Å². The molecule has 0 unspecified atom stereocenters. The predicted molar refractivity (Wildman–Crippen MR) is 74.8 cm³/mol. The van der Waals surface area contributed by atoms with E-state index in [9.17, 15) is 9.18 Å². The van der Waals surface area contributed by atoms with Crippen LogP contribution in [0.5, 0.6) is 0 Å². The molecule has 0 radical (unpaired) electrons. The van der Waals surface area contributed by atoms with Crippen molar-refractivity contribution in [2.24, 2.45) is 5.92 Å². The first-order valence-corrected chi connectivity index (χ1v) is 7.09. The number of hydrogen-bond donors (Lipinski definition) is 0. The first kappa shape index (κ1) is 14.2. The van der Waals surface area contributed by atoms with Gasteiger partial charge in [0.1, 0.15) is 5.82 Å². The highest BCUT2D eigenvalue weighted by molar-refractivity contribution is 5.96. The molecule has 0 amide bonds.